The molecule has 5 rings (SSSR count). The van der Waals surface area contributed by atoms with Crippen molar-refractivity contribution >= 4 is 10.1 Å². The molecule has 0 amide bonds. The molecule has 1 heterocycles. The van der Waals surface area contributed by atoms with E-state index < -0.39 is 10.1 Å². The highest BCUT2D eigenvalue weighted by Gasteiger charge is 2.44. The van der Waals surface area contributed by atoms with Gasteiger partial charge in [0, 0.05) is 13.1 Å². The molecule has 0 radical (unpaired) electrons. The molecule has 1 aliphatic rings. The van der Waals surface area contributed by atoms with Crippen LogP contribution in [0.5, 0.6) is 0 Å². The first-order chi connectivity index (χ1) is 17.3. The minimum absolute atomic E-state index is 0.0666. The quantitative estimate of drug-likeness (QED) is 0.287. The molecule has 4 aromatic rings. The van der Waals surface area contributed by atoms with E-state index in [-0.39, 0.29) is 16.5 Å². The second-order valence-electron chi connectivity index (χ2n) is 8.99. The third-order valence-electron chi connectivity index (χ3n) is 6.53. The van der Waals surface area contributed by atoms with Gasteiger partial charge in [-0.05, 0) is 42.2 Å². The Hall–Kier alpha value is -3.29. The highest BCUT2D eigenvalue weighted by atomic mass is 32.2. The maximum Gasteiger partial charge on any atom is 0.294 e. The average molecular weight is 502 g/mol. The fourth-order valence-corrected chi connectivity index (χ4v) is 5.32. The zero-order valence-corrected chi connectivity index (χ0v) is 21.1. The summed E-state index contributed by atoms with van der Waals surface area (Å²) >= 11 is 0. The molecular weight excluding hydrogens is 470 g/mol. The lowest BCUT2D eigenvalue weighted by Crippen LogP contribution is -2.47. The lowest BCUT2D eigenvalue weighted by atomic mass is 9.75. The van der Waals surface area contributed by atoms with Gasteiger partial charge in [0.25, 0.3) is 10.1 Å². The maximum absolute atomic E-state index is 10.5. The lowest BCUT2D eigenvalue weighted by molar-refractivity contribution is 0.141. The monoisotopic (exact) mass is 501 g/mol. The zero-order chi connectivity index (χ0) is 25.6. The van der Waals surface area contributed by atoms with Crippen LogP contribution in [-0.2, 0) is 15.7 Å². The molecule has 0 spiro atoms. The van der Waals surface area contributed by atoms with E-state index in [1.54, 1.807) is 12.1 Å². The van der Waals surface area contributed by atoms with Gasteiger partial charge in [-0.15, -0.1) is 0 Å². The first-order valence-electron chi connectivity index (χ1n) is 12.0. The summed E-state index contributed by atoms with van der Waals surface area (Å²) < 4.78 is 29.6. The molecule has 186 valence electrons. The third kappa shape index (κ3) is 5.58. The summed E-state index contributed by atoms with van der Waals surface area (Å²) in [6.07, 6.45) is 0.546. The Morgan fingerprint density at radius 3 is 1.47 bits per heavy atom. The van der Waals surface area contributed by atoms with E-state index in [1.807, 2.05) is 6.92 Å². The number of β-amino-alcohol motifs (C(OH)–C–C–N with tert-alkyl or cyclic N) is 1. The summed E-state index contributed by atoms with van der Waals surface area (Å²) in [6, 6.07) is 38.0. The van der Waals surface area contributed by atoms with E-state index in [0.29, 0.717) is 6.54 Å². The van der Waals surface area contributed by atoms with Gasteiger partial charge in [-0.1, -0.05) is 109 Å². The Morgan fingerprint density at radius 1 is 0.722 bits per heavy atom. The molecule has 5 nitrogen and oxygen atoms in total. The van der Waals surface area contributed by atoms with Crippen LogP contribution in [0.25, 0.3) is 0 Å². The van der Waals surface area contributed by atoms with E-state index in [9.17, 15) is 13.5 Å². The van der Waals surface area contributed by atoms with Crippen molar-refractivity contribution in [2.75, 3.05) is 13.1 Å². The van der Waals surface area contributed by atoms with Gasteiger partial charge in [0.2, 0.25) is 0 Å². The van der Waals surface area contributed by atoms with E-state index in [2.05, 4.69) is 95.9 Å². The molecule has 0 aliphatic carbocycles. The van der Waals surface area contributed by atoms with Gasteiger partial charge < -0.3 is 5.11 Å². The Bertz CT molecular complexity index is 1250. The SMILES string of the molecule is Cc1ccc(S(=O)(=O)O)cc1.OC1CCN(C(c2ccccc2)(c2ccccc2)c2ccccc2)C1. The molecule has 6 heteroatoms. The van der Waals surface area contributed by atoms with Crippen molar-refractivity contribution in [3.8, 4) is 0 Å². The molecular formula is C30H31NO4S. The van der Waals surface area contributed by atoms with E-state index in [1.165, 1.54) is 28.8 Å². The van der Waals surface area contributed by atoms with Gasteiger partial charge in [-0.3, -0.25) is 9.45 Å². The highest BCUT2D eigenvalue weighted by Crippen LogP contribution is 2.43. The van der Waals surface area contributed by atoms with Crippen molar-refractivity contribution in [2.24, 2.45) is 0 Å². The van der Waals surface area contributed by atoms with Crippen molar-refractivity contribution in [3.63, 3.8) is 0 Å². The molecule has 0 bridgehead atoms. The zero-order valence-electron chi connectivity index (χ0n) is 20.2. The van der Waals surface area contributed by atoms with Crippen LogP contribution < -0.4 is 0 Å². The predicted molar refractivity (Wildman–Crippen MR) is 142 cm³/mol. The van der Waals surface area contributed by atoms with Crippen LogP contribution in [0.4, 0.5) is 0 Å². The number of likely N-dealkylation sites (tertiary alicyclic amines) is 1. The molecule has 1 fully saturated rings. The van der Waals surface area contributed by atoms with Crippen LogP contribution in [0.2, 0.25) is 0 Å². The van der Waals surface area contributed by atoms with Crippen LogP contribution in [0.3, 0.4) is 0 Å². The molecule has 36 heavy (non-hydrogen) atoms. The molecule has 0 saturated carbocycles. The highest BCUT2D eigenvalue weighted by molar-refractivity contribution is 7.85. The second kappa shape index (κ2) is 11.2. The Morgan fingerprint density at radius 2 is 1.14 bits per heavy atom. The summed E-state index contributed by atoms with van der Waals surface area (Å²) in [6.45, 7) is 3.40. The number of rotatable bonds is 5. The summed E-state index contributed by atoms with van der Waals surface area (Å²) in [4.78, 5) is 2.36. The minimum Gasteiger partial charge on any atom is -0.392 e. The van der Waals surface area contributed by atoms with Crippen molar-refractivity contribution in [1.82, 2.24) is 4.90 Å². The molecule has 1 unspecified atom stereocenters. The Balaban J connectivity index is 0.000000233. The average Bonchev–Trinajstić information content (AvgIpc) is 3.33. The van der Waals surface area contributed by atoms with Gasteiger partial charge in [-0.25, -0.2) is 0 Å². The first-order valence-corrected chi connectivity index (χ1v) is 13.4. The van der Waals surface area contributed by atoms with E-state index in [0.717, 1.165) is 18.5 Å². The number of hydrogen-bond donors (Lipinski definition) is 2. The molecule has 0 aromatic heterocycles. The Kier molecular flexibility index (Phi) is 8.01. The van der Waals surface area contributed by atoms with Gasteiger partial charge in [0.1, 0.15) is 0 Å². The number of aliphatic hydroxyl groups excluding tert-OH is 1. The molecule has 4 aromatic carbocycles. The van der Waals surface area contributed by atoms with Crippen molar-refractivity contribution in [1.29, 1.82) is 0 Å². The summed E-state index contributed by atoms with van der Waals surface area (Å²) in [7, 11) is -4.02. The van der Waals surface area contributed by atoms with Crippen LogP contribution in [0.1, 0.15) is 28.7 Å². The summed E-state index contributed by atoms with van der Waals surface area (Å²) in [5.74, 6) is 0. The first kappa shape index (κ1) is 25.8. The molecule has 1 aliphatic heterocycles. The van der Waals surface area contributed by atoms with Crippen LogP contribution >= 0.6 is 0 Å². The maximum atomic E-state index is 10.5. The fourth-order valence-electron chi connectivity index (χ4n) is 4.84. The van der Waals surface area contributed by atoms with E-state index >= 15 is 0 Å². The molecule has 2 N–H and O–H groups in total. The normalized spacial score (nSPS) is 16.2. The van der Waals surface area contributed by atoms with Gasteiger partial charge in [0.15, 0.2) is 0 Å². The van der Waals surface area contributed by atoms with Crippen LogP contribution in [-0.4, -0.2) is 42.2 Å². The van der Waals surface area contributed by atoms with Crippen molar-refractivity contribution in [3.05, 3.63) is 138 Å². The third-order valence-corrected chi connectivity index (χ3v) is 7.40. The number of hydrogen-bond acceptors (Lipinski definition) is 4. The molecule has 1 atom stereocenters. The number of benzene rings is 4. The van der Waals surface area contributed by atoms with Gasteiger partial charge >= 0.3 is 0 Å². The largest absolute Gasteiger partial charge is 0.392 e. The van der Waals surface area contributed by atoms with Gasteiger partial charge in [-0.2, -0.15) is 8.42 Å². The lowest BCUT2D eigenvalue weighted by Gasteiger charge is -2.43. The smallest absolute Gasteiger partial charge is 0.294 e. The van der Waals surface area contributed by atoms with Crippen LogP contribution in [0, 0.1) is 6.92 Å². The topological polar surface area (TPSA) is 77.8 Å². The fraction of sp³-hybridized carbons (Fsp3) is 0.200. The predicted octanol–water partition coefficient (Wildman–Crippen LogP) is 5.29. The minimum atomic E-state index is -4.02. The Labute approximate surface area is 213 Å². The molecule has 1 saturated heterocycles. The van der Waals surface area contributed by atoms with Crippen molar-refractivity contribution in [2.45, 2.75) is 29.9 Å². The van der Waals surface area contributed by atoms with Crippen LogP contribution in [0.15, 0.2) is 120 Å². The standard InChI is InChI=1S/C23H23NO.C7H8O3S/c25-22-16-17-24(18-22)23(19-10-4-1-5-11-19,20-12-6-2-7-13-20)21-14-8-3-9-15-21;1-6-2-4-7(5-3-6)11(8,9)10/h1-15,22,25H,16-18H2;2-5H,1H3,(H,8,9,10). The summed E-state index contributed by atoms with van der Waals surface area (Å²) in [5.41, 5.74) is 4.28. The number of nitrogens with zero attached hydrogens (tertiary/aromatic N) is 1. The van der Waals surface area contributed by atoms with E-state index in [4.69, 9.17) is 4.55 Å². The summed E-state index contributed by atoms with van der Waals surface area (Å²) in [5, 5.41) is 10.3. The second-order valence-corrected chi connectivity index (χ2v) is 10.4. The number of aryl methyl sites for hydroxylation is 1. The van der Waals surface area contributed by atoms with Gasteiger partial charge in [0.05, 0.1) is 16.5 Å². The number of aliphatic hydroxyl groups is 1. The van der Waals surface area contributed by atoms with Crippen molar-refractivity contribution < 1.29 is 18.1 Å².